The van der Waals surface area contributed by atoms with Crippen molar-refractivity contribution in [3.05, 3.63) is 36.5 Å². The summed E-state index contributed by atoms with van der Waals surface area (Å²) in [5, 5.41) is 23.0. The molecule has 0 rings (SSSR count). The molecule has 0 aliphatic rings. The highest BCUT2D eigenvalue weighted by atomic mass is 16.3. The summed E-state index contributed by atoms with van der Waals surface area (Å²) in [6, 6.07) is -0.623. The van der Waals surface area contributed by atoms with E-state index in [1.165, 1.54) is 173 Å². The van der Waals surface area contributed by atoms with Gasteiger partial charge >= 0.3 is 0 Å². The van der Waals surface area contributed by atoms with E-state index in [0.29, 0.717) is 6.42 Å². The molecule has 0 aliphatic heterocycles. The Morgan fingerprint density at radius 2 is 0.837 bits per heavy atom. The SMILES string of the molecule is CCCCC/C=C\C/C=C\CCCCCCCCCCCC(=O)NC(CO)C(O)/C=C/CCCCCCCCCCCCCCCCCC. The zero-order valence-corrected chi connectivity index (χ0v) is 33.0. The number of aliphatic hydroxyl groups excluding tert-OH is 2. The van der Waals surface area contributed by atoms with Crippen molar-refractivity contribution in [2.45, 2.75) is 238 Å². The molecule has 0 aromatic carbocycles. The van der Waals surface area contributed by atoms with Gasteiger partial charge in [0.15, 0.2) is 0 Å². The molecule has 0 aromatic rings. The molecule has 0 fully saturated rings. The number of aliphatic hydroxyl groups is 2. The van der Waals surface area contributed by atoms with Gasteiger partial charge in [-0.1, -0.05) is 204 Å². The van der Waals surface area contributed by atoms with E-state index >= 15 is 0 Å². The lowest BCUT2D eigenvalue weighted by molar-refractivity contribution is -0.123. The molecule has 0 aliphatic carbocycles. The zero-order valence-electron chi connectivity index (χ0n) is 33.0. The first-order valence-corrected chi connectivity index (χ1v) is 21.7. The topological polar surface area (TPSA) is 69.6 Å². The lowest BCUT2D eigenvalue weighted by Gasteiger charge is -2.20. The molecule has 288 valence electrons. The molecule has 0 spiro atoms. The molecule has 0 heterocycles. The fourth-order valence-corrected chi connectivity index (χ4v) is 6.50. The number of nitrogens with one attached hydrogen (secondary N) is 1. The van der Waals surface area contributed by atoms with Crippen LogP contribution in [0, 0.1) is 0 Å². The van der Waals surface area contributed by atoms with Crippen molar-refractivity contribution < 1.29 is 15.0 Å². The first kappa shape index (κ1) is 47.6. The van der Waals surface area contributed by atoms with Crippen LogP contribution in [0.3, 0.4) is 0 Å². The highest BCUT2D eigenvalue weighted by molar-refractivity contribution is 5.76. The Balaban J connectivity index is 3.58. The Bertz CT molecular complexity index is 746. The number of carbonyl (C=O) groups excluding carboxylic acids is 1. The van der Waals surface area contributed by atoms with E-state index in [4.69, 9.17) is 0 Å². The van der Waals surface area contributed by atoms with E-state index in [9.17, 15) is 15.0 Å². The van der Waals surface area contributed by atoms with Gasteiger partial charge < -0.3 is 15.5 Å². The van der Waals surface area contributed by atoms with Crippen LogP contribution in [0.15, 0.2) is 36.5 Å². The maximum atomic E-state index is 12.4. The molecule has 4 nitrogen and oxygen atoms in total. The third kappa shape index (κ3) is 37.7. The van der Waals surface area contributed by atoms with Gasteiger partial charge in [0.2, 0.25) is 5.91 Å². The summed E-state index contributed by atoms with van der Waals surface area (Å²) in [6.45, 7) is 4.29. The van der Waals surface area contributed by atoms with Crippen molar-refractivity contribution in [3.63, 3.8) is 0 Å². The van der Waals surface area contributed by atoms with E-state index in [1.807, 2.05) is 6.08 Å². The number of carbonyl (C=O) groups is 1. The molecule has 4 heteroatoms. The summed E-state index contributed by atoms with van der Waals surface area (Å²) in [6.07, 6.45) is 53.8. The molecule has 0 bridgehead atoms. The Morgan fingerprint density at radius 1 is 0.490 bits per heavy atom. The first-order valence-electron chi connectivity index (χ1n) is 21.7. The minimum absolute atomic E-state index is 0.0682. The quantitative estimate of drug-likeness (QED) is 0.0445. The van der Waals surface area contributed by atoms with Gasteiger partial charge in [-0.15, -0.1) is 0 Å². The fourth-order valence-electron chi connectivity index (χ4n) is 6.50. The van der Waals surface area contributed by atoms with E-state index in [1.54, 1.807) is 6.08 Å². The standard InChI is InChI=1S/C45H85NO3/c1-3-5-7-9-11-13-15-17-19-21-23-25-27-29-31-33-35-37-39-41-45(49)46-43(42-47)44(48)40-38-36-34-32-30-28-26-24-22-20-18-16-14-12-10-8-6-4-2/h11,13,17,19,38,40,43-44,47-48H,3-10,12,14-16,18,20-37,39,41-42H2,1-2H3,(H,46,49)/b13-11-,19-17-,40-38+. The van der Waals surface area contributed by atoms with Gasteiger partial charge in [-0.2, -0.15) is 0 Å². The van der Waals surface area contributed by atoms with Crippen LogP contribution in [0.4, 0.5) is 0 Å². The van der Waals surface area contributed by atoms with Crippen LogP contribution >= 0.6 is 0 Å². The van der Waals surface area contributed by atoms with Crippen molar-refractivity contribution in [2.75, 3.05) is 6.61 Å². The van der Waals surface area contributed by atoms with Crippen LogP contribution in [0.5, 0.6) is 0 Å². The summed E-state index contributed by atoms with van der Waals surface area (Å²) >= 11 is 0. The van der Waals surface area contributed by atoms with E-state index in [-0.39, 0.29) is 12.5 Å². The van der Waals surface area contributed by atoms with Gasteiger partial charge in [0.05, 0.1) is 18.8 Å². The third-order valence-corrected chi connectivity index (χ3v) is 9.87. The molecule has 49 heavy (non-hydrogen) atoms. The minimum atomic E-state index is -0.840. The molecule has 2 atom stereocenters. The smallest absolute Gasteiger partial charge is 0.220 e. The predicted molar refractivity (Wildman–Crippen MR) is 216 cm³/mol. The van der Waals surface area contributed by atoms with E-state index in [2.05, 4.69) is 43.5 Å². The van der Waals surface area contributed by atoms with Gasteiger partial charge in [-0.05, 0) is 51.4 Å². The fraction of sp³-hybridized carbons (Fsp3) is 0.844. The maximum Gasteiger partial charge on any atom is 0.220 e. The number of amides is 1. The van der Waals surface area contributed by atoms with E-state index in [0.717, 1.165) is 32.1 Å². The van der Waals surface area contributed by atoms with Crippen molar-refractivity contribution in [3.8, 4) is 0 Å². The van der Waals surface area contributed by atoms with Gasteiger partial charge in [0.1, 0.15) is 0 Å². The Morgan fingerprint density at radius 3 is 1.27 bits per heavy atom. The van der Waals surface area contributed by atoms with E-state index < -0.39 is 12.1 Å². The van der Waals surface area contributed by atoms with Crippen LogP contribution in [0.1, 0.15) is 226 Å². The average molecular weight is 688 g/mol. The van der Waals surface area contributed by atoms with Gasteiger partial charge in [0, 0.05) is 6.42 Å². The predicted octanol–water partition coefficient (Wildman–Crippen LogP) is 13.4. The molecular weight excluding hydrogens is 602 g/mol. The monoisotopic (exact) mass is 688 g/mol. The second kappa shape index (κ2) is 41.0. The van der Waals surface area contributed by atoms with Crippen molar-refractivity contribution >= 4 is 5.91 Å². The minimum Gasteiger partial charge on any atom is -0.394 e. The average Bonchev–Trinajstić information content (AvgIpc) is 3.10. The van der Waals surface area contributed by atoms with Gasteiger partial charge in [0.25, 0.3) is 0 Å². The lowest BCUT2D eigenvalue weighted by atomic mass is 10.0. The molecule has 0 saturated heterocycles. The molecule has 0 saturated carbocycles. The van der Waals surface area contributed by atoms with Crippen LogP contribution in [0.2, 0.25) is 0 Å². The Labute approximate surface area is 306 Å². The lowest BCUT2D eigenvalue weighted by Crippen LogP contribution is -2.45. The van der Waals surface area contributed by atoms with Gasteiger partial charge in [-0.25, -0.2) is 0 Å². The van der Waals surface area contributed by atoms with Crippen LogP contribution in [0.25, 0.3) is 0 Å². The maximum absolute atomic E-state index is 12.4. The molecular formula is C45H85NO3. The second-order valence-corrected chi connectivity index (χ2v) is 14.8. The summed E-state index contributed by atoms with van der Waals surface area (Å²) < 4.78 is 0. The molecule has 2 unspecified atom stereocenters. The largest absolute Gasteiger partial charge is 0.394 e. The first-order chi connectivity index (χ1) is 24.2. The second-order valence-electron chi connectivity index (χ2n) is 14.8. The number of hydrogen-bond acceptors (Lipinski definition) is 3. The molecule has 1 amide bonds. The van der Waals surface area contributed by atoms with Crippen molar-refractivity contribution in [2.24, 2.45) is 0 Å². The van der Waals surface area contributed by atoms with Crippen molar-refractivity contribution in [1.82, 2.24) is 5.32 Å². The molecule has 3 N–H and O–H groups in total. The summed E-state index contributed by atoms with van der Waals surface area (Å²) in [4.78, 5) is 12.4. The summed E-state index contributed by atoms with van der Waals surface area (Å²) in [5.74, 6) is -0.0682. The normalized spacial score (nSPS) is 13.3. The van der Waals surface area contributed by atoms with Crippen LogP contribution in [-0.4, -0.2) is 34.9 Å². The number of rotatable bonds is 39. The zero-order chi connectivity index (χ0) is 35.7. The molecule has 0 aromatic heterocycles. The summed E-state index contributed by atoms with van der Waals surface area (Å²) in [7, 11) is 0. The van der Waals surface area contributed by atoms with Crippen molar-refractivity contribution in [1.29, 1.82) is 0 Å². The Kier molecular flexibility index (Phi) is 39.9. The third-order valence-electron chi connectivity index (χ3n) is 9.87. The molecule has 0 radical (unpaired) electrons. The van der Waals surface area contributed by atoms with Crippen LogP contribution in [-0.2, 0) is 4.79 Å². The summed E-state index contributed by atoms with van der Waals surface area (Å²) in [5.41, 5.74) is 0. The highest BCUT2D eigenvalue weighted by Gasteiger charge is 2.17. The number of hydrogen-bond donors (Lipinski definition) is 3. The number of allylic oxidation sites excluding steroid dienone is 5. The van der Waals surface area contributed by atoms with Gasteiger partial charge in [-0.3, -0.25) is 4.79 Å². The highest BCUT2D eigenvalue weighted by Crippen LogP contribution is 2.15. The number of unbranched alkanes of at least 4 members (excludes halogenated alkanes) is 28. The Hall–Kier alpha value is -1.39. The van der Waals surface area contributed by atoms with Crippen LogP contribution < -0.4 is 5.32 Å².